The molecule has 4 rings (SSSR count). The van der Waals surface area contributed by atoms with Crippen LogP contribution in [0.4, 0.5) is 0 Å². The van der Waals surface area contributed by atoms with E-state index in [1.807, 2.05) is 52.3 Å². The zero-order valence-corrected chi connectivity index (χ0v) is 17.4. The van der Waals surface area contributed by atoms with Crippen LogP contribution in [0.3, 0.4) is 0 Å². The Labute approximate surface area is 176 Å². The van der Waals surface area contributed by atoms with E-state index in [0.29, 0.717) is 24.4 Å². The van der Waals surface area contributed by atoms with Crippen LogP contribution in [0.1, 0.15) is 35.2 Å². The number of hydrogen-bond acceptors (Lipinski definition) is 3. The first kappa shape index (κ1) is 19.8. The molecule has 2 aromatic carbocycles. The summed E-state index contributed by atoms with van der Waals surface area (Å²) < 4.78 is 0. The van der Waals surface area contributed by atoms with Crippen molar-refractivity contribution in [3.63, 3.8) is 0 Å². The van der Waals surface area contributed by atoms with Gasteiger partial charge in [-0.05, 0) is 42.5 Å². The summed E-state index contributed by atoms with van der Waals surface area (Å²) in [6.07, 6.45) is 5.21. The topological polar surface area (TPSA) is 40.6 Å². The molecule has 5 heteroatoms. The van der Waals surface area contributed by atoms with E-state index in [0.717, 1.165) is 37.2 Å². The lowest BCUT2D eigenvalue weighted by Gasteiger charge is -2.27. The SMILES string of the molecule is O=C(CSc1ccccc1C(=O)N1CC=C(c2ccccc2)CC1)N1CCCC1. The molecular formula is C24H26N2O2S. The first-order valence-electron chi connectivity index (χ1n) is 10.3. The minimum atomic E-state index is 0.0464. The molecule has 150 valence electrons. The molecule has 1 saturated heterocycles. The highest BCUT2D eigenvalue weighted by molar-refractivity contribution is 8.00. The Morgan fingerprint density at radius 1 is 0.862 bits per heavy atom. The molecule has 2 aliphatic heterocycles. The molecule has 1 fully saturated rings. The fourth-order valence-electron chi connectivity index (χ4n) is 3.90. The van der Waals surface area contributed by atoms with E-state index >= 15 is 0 Å². The van der Waals surface area contributed by atoms with Gasteiger partial charge in [0.05, 0.1) is 11.3 Å². The van der Waals surface area contributed by atoms with Crippen molar-refractivity contribution in [2.75, 3.05) is 31.9 Å². The van der Waals surface area contributed by atoms with Crippen LogP contribution in [0.25, 0.3) is 5.57 Å². The molecule has 0 spiro atoms. The normalized spacial score (nSPS) is 16.6. The lowest BCUT2D eigenvalue weighted by Crippen LogP contribution is -2.35. The van der Waals surface area contributed by atoms with E-state index in [1.54, 1.807) is 0 Å². The number of rotatable bonds is 5. The summed E-state index contributed by atoms with van der Waals surface area (Å²) in [6, 6.07) is 18.0. The number of nitrogens with zero attached hydrogens (tertiary/aromatic N) is 2. The molecule has 2 heterocycles. The molecule has 2 aromatic rings. The molecule has 0 aromatic heterocycles. The van der Waals surface area contributed by atoms with Gasteiger partial charge in [-0.2, -0.15) is 0 Å². The molecule has 0 unspecified atom stereocenters. The average molecular weight is 407 g/mol. The number of thioether (sulfide) groups is 1. The standard InChI is InChI=1S/C24H26N2O2S/c27-23(25-14-6-7-15-25)18-29-22-11-5-4-10-21(22)24(28)26-16-12-20(13-17-26)19-8-2-1-3-9-19/h1-5,8-12H,6-7,13-18H2. The van der Waals surface area contributed by atoms with E-state index in [1.165, 1.54) is 22.9 Å². The first-order valence-corrected chi connectivity index (χ1v) is 11.2. The van der Waals surface area contributed by atoms with Gasteiger partial charge in [-0.25, -0.2) is 0 Å². The third-order valence-electron chi connectivity index (χ3n) is 5.57. The maximum atomic E-state index is 13.2. The first-order chi connectivity index (χ1) is 14.2. The predicted octanol–water partition coefficient (Wildman–Crippen LogP) is 4.33. The molecule has 0 saturated carbocycles. The van der Waals surface area contributed by atoms with Crippen molar-refractivity contribution in [2.24, 2.45) is 0 Å². The van der Waals surface area contributed by atoms with E-state index in [2.05, 4.69) is 18.2 Å². The summed E-state index contributed by atoms with van der Waals surface area (Å²) in [5.74, 6) is 0.607. The molecule has 2 aliphatic rings. The van der Waals surface area contributed by atoms with Gasteiger partial charge in [-0.15, -0.1) is 11.8 Å². The Morgan fingerprint density at radius 3 is 2.31 bits per heavy atom. The van der Waals surface area contributed by atoms with E-state index in [4.69, 9.17) is 0 Å². The monoisotopic (exact) mass is 406 g/mol. The van der Waals surface area contributed by atoms with Gasteiger partial charge in [0.2, 0.25) is 5.91 Å². The average Bonchev–Trinajstić information content (AvgIpc) is 3.33. The fourth-order valence-corrected chi connectivity index (χ4v) is 4.85. The van der Waals surface area contributed by atoms with Gasteiger partial charge < -0.3 is 9.80 Å². The molecule has 0 atom stereocenters. The third kappa shape index (κ3) is 4.73. The second-order valence-electron chi connectivity index (χ2n) is 7.47. The number of carbonyl (C=O) groups excluding carboxylic acids is 2. The van der Waals surface area contributed by atoms with Crippen LogP contribution in [0.15, 0.2) is 65.6 Å². The zero-order valence-electron chi connectivity index (χ0n) is 16.5. The van der Waals surface area contributed by atoms with Crippen LogP contribution in [0.5, 0.6) is 0 Å². The van der Waals surface area contributed by atoms with E-state index in [9.17, 15) is 9.59 Å². The Bertz CT molecular complexity index is 904. The molecular weight excluding hydrogens is 380 g/mol. The quantitative estimate of drug-likeness (QED) is 0.694. The number of carbonyl (C=O) groups is 2. The molecule has 4 nitrogen and oxygen atoms in total. The second-order valence-corrected chi connectivity index (χ2v) is 8.49. The van der Waals surface area contributed by atoms with Crippen molar-refractivity contribution < 1.29 is 9.59 Å². The summed E-state index contributed by atoms with van der Waals surface area (Å²) in [6.45, 7) is 3.06. The van der Waals surface area contributed by atoms with Gasteiger partial charge in [-0.1, -0.05) is 48.5 Å². The Hall–Kier alpha value is -2.53. The van der Waals surface area contributed by atoms with Gasteiger partial charge in [0.25, 0.3) is 5.91 Å². The van der Waals surface area contributed by atoms with Crippen LogP contribution in [0.2, 0.25) is 0 Å². The van der Waals surface area contributed by atoms with Crippen molar-refractivity contribution in [3.05, 3.63) is 71.8 Å². The summed E-state index contributed by atoms with van der Waals surface area (Å²) in [4.78, 5) is 30.2. The van der Waals surface area contributed by atoms with E-state index in [-0.39, 0.29) is 11.8 Å². The third-order valence-corrected chi connectivity index (χ3v) is 6.63. The summed E-state index contributed by atoms with van der Waals surface area (Å²) in [5.41, 5.74) is 3.23. The second kappa shape index (κ2) is 9.31. The van der Waals surface area contributed by atoms with Gasteiger partial charge in [0.15, 0.2) is 0 Å². The lowest BCUT2D eigenvalue weighted by atomic mass is 9.99. The lowest BCUT2D eigenvalue weighted by molar-refractivity contribution is -0.127. The minimum absolute atomic E-state index is 0.0464. The van der Waals surface area contributed by atoms with Crippen molar-refractivity contribution in [1.82, 2.24) is 9.80 Å². The molecule has 0 N–H and O–H groups in total. The smallest absolute Gasteiger partial charge is 0.255 e. The summed E-state index contributed by atoms with van der Waals surface area (Å²) in [5, 5.41) is 0. The summed E-state index contributed by atoms with van der Waals surface area (Å²) in [7, 11) is 0. The number of hydrogen-bond donors (Lipinski definition) is 0. The highest BCUT2D eigenvalue weighted by atomic mass is 32.2. The highest BCUT2D eigenvalue weighted by Gasteiger charge is 2.23. The number of likely N-dealkylation sites (tertiary alicyclic amines) is 1. The summed E-state index contributed by atoms with van der Waals surface area (Å²) >= 11 is 1.48. The molecule has 0 radical (unpaired) electrons. The van der Waals surface area contributed by atoms with Gasteiger partial charge in [0, 0.05) is 31.1 Å². The van der Waals surface area contributed by atoms with Crippen molar-refractivity contribution in [2.45, 2.75) is 24.2 Å². The van der Waals surface area contributed by atoms with Gasteiger partial charge >= 0.3 is 0 Å². The molecule has 29 heavy (non-hydrogen) atoms. The fraction of sp³-hybridized carbons (Fsp3) is 0.333. The van der Waals surface area contributed by atoms with Gasteiger partial charge in [-0.3, -0.25) is 9.59 Å². The molecule has 0 aliphatic carbocycles. The van der Waals surface area contributed by atoms with Crippen LogP contribution >= 0.6 is 11.8 Å². The van der Waals surface area contributed by atoms with Crippen LogP contribution in [-0.2, 0) is 4.79 Å². The van der Waals surface area contributed by atoms with Gasteiger partial charge in [0.1, 0.15) is 0 Å². The predicted molar refractivity (Wildman–Crippen MR) is 118 cm³/mol. The maximum Gasteiger partial charge on any atom is 0.255 e. The largest absolute Gasteiger partial charge is 0.342 e. The Kier molecular flexibility index (Phi) is 6.35. The zero-order chi connectivity index (χ0) is 20.1. The van der Waals surface area contributed by atoms with Crippen LogP contribution < -0.4 is 0 Å². The van der Waals surface area contributed by atoms with Crippen LogP contribution in [-0.4, -0.2) is 53.5 Å². The number of benzene rings is 2. The molecule has 0 bridgehead atoms. The number of amides is 2. The van der Waals surface area contributed by atoms with Crippen molar-refractivity contribution in [3.8, 4) is 0 Å². The highest BCUT2D eigenvalue weighted by Crippen LogP contribution is 2.27. The molecule has 2 amide bonds. The van der Waals surface area contributed by atoms with Crippen molar-refractivity contribution >= 4 is 29.1 Å². The van der Waals surface area contributed by atoms with Crippen molar-refractivity contribution in [1.29, 1.82) is 0 Å². The van der Waals surface area contributed by atoms with E-state index < -0.39 is 0 Å². The Morgan fingerprint density at radius 2 is 1.59 bits per heavy atom. The maximum absolute atomic E-state index is 13.2. The van der Waals surface area contributed by atoms with Crippen LogP contribution in [0, 0.1) is 0 Å². The Balaban J connectivity index is 1.41. The minimum Gasteiger partial charge on any atom is -0.342 e.